The number of aliphatic hydroxyl groups excluding tert-OH is 1. The van der Waals surface area contributed by atoms with Crippen LogP contribution in [0.5, 0.6) is 0 Å². The molecule has 1 amide bonds. The predicted molar refractivity (Wildman–Crippen MR) is 122 cm³/mol. The maximum Gasteiger partial charge on any atom is 0.297 e. The number of aryl methyl sites for hydroxylation is 1. The summed E-state index contributed by atoms with van der Waals surface area (Å²) >= 11 is 0. The summed E-state index contributed by atoms with van der Waals surface area (Å²) in [6.45, 7) is 7.87. The van der Waals surface area contributed by atoms with E-state index in [4.69, 9.17) is 4.18 Å². The lowest BCUT2D eigenvalue weighted by Crippen LogP contribution is -2.65. The number of carbonyl (C=O) groups excluding carboxylic acids is 1. The quantitative estimate of drug-likeness (QED) is 0.588. The van der Waals surface area contributed by atoms with Crippen molar-refractivity contribution in [1.29, 1.82) is 0 Å². The summed E-state index contributed by atoms with van der Waals surface area (Å²) in [6, 6.07) is 15.5. The molecule has 0 bridgehead atoms. The van der Waals surface area contributed by atoms with Gasteiger partial charge >= 0.3 is 0 Å². The minimum atomic E-state index is -3.89. The Morgan fingerprint density at radius 1 is 1.16 bits per heavy atom. The van der Waals surface area contributed by atoms with Gasteiger partial charge < -0.3 is 10.4 Å². The Labute approximate surface area is 190 Å². The largest absolute Gasteiger partial charge is 0.382 e. The van der Waals surface area contributed by atoms with Crippen molar-refractivity contribution >= 4 is 16.0 Å². The Morgan fingerprint density at radius 2 is 1.78 bits per heavy atom. The van der Waals surface area contributed by atoms with E-state index in [0.29, 0.717) is 13.0 Å². The molecule has 3 atom stereocenters. The molecule has 2 aromatic rings. The van der Waals surface area contributed by atoms with E-state index in [2.05, 4.69) is 5.32 Å². The van der Waals surface area contributed by atoms with E-state index in [0.717, 1.165) is 11.1 Å². The predicted octanol–water partition coefficient (Wildman–Crippen LogP) is 2.62. The van der Waals surface area contributed by atoms with Gasteiger partial charge in [-0.25, -0.2) is 0 Å². The van der Waals surface area contributed by atoms with Gasteiger partial charge in [-0.1, -0.05) is 48.0 Å². The van der Waals surface area contributed by atoms with Crippen molar-refractivity contribution in [3.05, 3.63) is 65.7 Å². The van der Waals surface area contributed by atoms with Crippen LogP contribution < -0.4 is 5.32 Å². The van der Waals surface area contributed by atoms with E-state index in [9.17, 15) is 18.3 Å². The van der Waals surface area contributed by atoms with Crippen molar-refractivity contribution in [1.82, 2.24) is 10.2 Å². The average Bonchev–Trinajstić information content (AvgIpc) is 2.71. The van der Waals surface area contributed by atoms with E-state index in [1.165, 1.54) is 12.1 Å². The van der Waals surface area contributed by atoms with Crippen molar-refractivity contribution in [2.24, 2.45) is 0 Å². The van der Waals surface area contributed by atoms with Crippen LogP contribution in [0, 0.1) is 6.92 Å². The highest BCUT2D eigenvalue weighted by Gasteiger charge is 2.45. The Balaban J connectivity index is 1.70. The molecule has 0 radical (unpaired) electrons. The number of carbonyl (C=O) groups is 1. The molecule has 0 unspecified atom stereocenters. The SMILES string of the molecule is Cc1ccc(S(=O)(=O)OC[C@H]2C[C@@H]([C@@H](O)C(=O)NC(C)(C)C)N2Cc2ccccc2)cc1. The summed E-state index contributed by atoms with van der Waals surface area (Å²) in [5.41, 5.74) is 1.51. The number of aliphatic hydroxyl groups is 1. The molecule has 3 rings (SSSR count). The van der Waals surface area contributed by atoms with Crippen LogP contribution in [0.15, 0.2) is 59.5 Å². The van der Waals surface area contributed by atoms with Crippen LogP contribution in [0.4, 0.5) is 0 Å². The number of likely N-dealkylation sites (tertiary alicyclic amines) is 1. The lowest BCUT2D eigenvalue weighted by atomic mass is 9.87. The van der Waals surface area contributed by atoms with Crippen molar-refractivity contribution in [3.8, 4) is 0 Å². The maximum atomic E-state index is 12.6. The molecule has 1 heterocycles. The normalized spacial score (nSPS) is 20.4. The molecule has 2 N–H and O–H groups in total. The molecular formula is C24H32N2O5S. The highest BCUT2D eigenvalue weighted by Crippen LogP contribution is 2.32. The topological polar surface area (TPSA) is 95.9 Å². The monoisotopic (exact) mass is 460 g/mol. The number of hydrogen-bond donors (Lipinski definition) is 2. The fourth-order valence-corrected chi connectivity index (χ4v) is 4.70. The number of benzene rings is 2. The second-order valence-corrected chi connectivity index (χ2v) is 11.0. The van der Waals surface area contributed by atoms with Crippen LogP contribution in [-0.2, 0) is 25.6 Å². The highest BCUT2D eigenvalue weighted by molar-refractivity contribution is 7.86. The first-order chi connectivity index (χ1) is 15.0. The van der Waals surface area contributed by atoms with Crippen molar-refractivity contribution in [2.75, 3.05) is 6.61 Å². The zero-order valence-electron chi connectivity index (χ0n) is 19.0. The standard InChI is InChI=1S/C24H32N2O5S/c1-17-10-12-20(13-11-17)32(29,30)31-16-19-14-21(22(27)23(28)25-24(2,3)4)26(19)15-18-8-6-5-7-9-18/h5-13,19,21-22,27H,14-16H2,1-4H3,(H,25,28)/t19-,21+,22-/m1/s1. The molecule has 0 aliphatic carbocycles. The van der Waals surface area contributed by atoms with Crippen molar-refractivity contribution in [2.45, 2.75) is 69.3 Å². The summed E-state index contributed by atoms with van der Waals surface area (Å²) in [5, 5.41) is 13.5. The molecule has 1 aliphatic heterocycles. The molecule has 7 nitrogen and oxygen atoms in total. The van der Waals surface area contributed by atoms with Crippen molar-refractivity contribution < 1.29 is 22.5 Å². The highest BCUT2D eigenvalue weighted by atomic mass is 32.2. The molecule has 0 aromatic heterocycles. The van der Waals surface area contributed by atoms with Gasteiger partial charge in [-0.2, -0.15) is 8.42 Å². The summed E-state index contributed by atoms with van der Waals surface area (Å²) in [5.74, 6) is -0.438. The first-order valence-electron chi connectivity index (χ1n) is 10.7. The van der Waals surface area contributed by atoms with Gasteiger partial charge in [0, 0.05) is 24.2 Å². The molecule has 1 saturated heterocycles. The fourth-order valence-electron chi connectivity index (χ4n) is 3.76. The third-order valence-corrected chi connectivity index (χ3v) is 6.77. The van der Waals surface area contributed by atoms with E-state index in [1.54, 1.807) is 12.1 Å². The fraction of sp³-hybridized carbons (Fsp3) is 0.458. The van der Waals surface area contributed by atoms with Crippen LogP contribution in [0.2, 0.25) is 0 Å². The van der Waals surface area contributed by atoms with Gasteiger partial charge in [-0.05, 0) is 51.8 Å². The number of rotatable bonds is 8. The van der Waals surface area contributed by atoms with Gasteiger partial charge in [-0.15, -0.1) is 0 Å². The second-order valence-electron chi connectivity index (χ2n) is 9.35. The van der Waals surface area contributed by atoms with Gasteiger partial charge in [0.05, 0.1) is 11.5 Å². The van der Waals surface area contributed by atoms with Crippen LogP contribution >= 0.6 is 0 Å². The maximum absolute atomic E-state index is 12.6. The summed E-state index contributed by atoms with van der Waals surface area (Å²) < 4.78 is 30.5. The molecule has 0 saturated carbocycles. The second kappa shape index (κ2) is 9.70. The molecule has 32 heavy (non-hydrogen) atoms. The lowest BCUT2D eigenvalue weighted by Gasteiger charge is -2.50. The Bertz CT molecular complexity index is 1020. The molecular weight excluding hydrogens is 428 g/mol. The first kappa shape index (κ1) is 24.4. The first-order valence-corrected chi connectivity index (χ1v) is 12.1. The zero-order valence-corrected chi connectivity index (χ0v) is 19.8. The lowest BCUT2D eigenvalue weighted by molar-refractivity contribution is -0.143. The minimum Gasteiger partial charge on any atom is -0.382 e. The van der Waals surface area contributed by atoms with Crippen LogP contribution in [0.25, 0.3) is 0 Å². The van der Waals surface area contributed by atoms with Crippen molar-refractivity contribution in [3.63, 3.8) is 0 Å². The number of nitrogens with zero attached hydrogens (tertiary/aromatic N) is 1. The van der Waals surface area contributed by atoms with Crippen LogP contribution in [0.1, 0.15) is 38.3 Å². The molecule has 1 fully saturated rings. The number of amides is 1. The van der Waals surface area contributed by atoms with Gasteiger partial charge in [0.2, 0.25) is 0 Å². The molecule has 1 aliphatic rings. The van der Waals surface area contributed by atoms with Gasteiger partial charge in [0.1, 0.15) is 6.10 Å². The van der Waals surface area contributed by atoms with Gasteiger partial charge in [0.25, 0.3) is 16.0 Å². The summed E-state index contributed by atoms with van der Waals surface area (Å²) in [4.78, 5) is 14.6. The molecule has 0 spiro atoms. The third-order valence-electron chi connectivity index (χ3n) is 5.47. The Kier molecular flexibility index (Phi) is 7.39. The summed E-state index contributed by atoms with van der Waals surface area (Å²) in [6.07, 6.45) is -0.766. The Morgan fingerprint density at radius 3 is 2.38 bits per heavy atom. The average molecular weight is 461 g/mol. The summed E-state index contributed by atoms with van der Waals surface area (Å²) in [7, 11) is -3.89. The molecule has 174 valence electrons. The van der Waals surface area contributed by atoms with Crippen LogP contribution in [-0.4, -0.2) is 54.7 Å². The van der Waals surface area contributed by atoms with Gasteiger partial charge in [-0.3, -0.25) is 13.9 Å². The third kappa shape index (κ3) is 6.16. The zero-order chi connectivity index (χ0) is 23.5. The molecule has 2 aromatic carbocycles. The van der Waals surface area contributed by atoms with Crippen LogP contribution in [0.3, 0.4) is 0 Å². The molecule has 8 heteroatoms. The van der Waals surface area contributed by atoms with E-state index < -0.39 is 33.7 Å². The Hall–Kier alpha value is -2.26. The van der Waals surface area contributed by atoms with E-state index in [1.807, 2.05) is 62.9 Å². The van der Waals surface area contributed by atoms with Gasteiger partial charge in [0.15, 0.2) is 0 Å². The smallest absolute Gasteiger partial charge is 0.297 e. The van der Waals surface area contributed by atoms with E-state index >= 15 is 0 Å². The minimum absolute atomic E-state index is 0.0485. The number of hydrogen-bond acceptors (Lipinski definition) is 6. The number of nitrogens with one attached hydrogen (secondary N) is 1. The van der Waals surface area contributed by atoms with E-state index in [-0.39, 0.29) is 17.5 Å².